The van der Waals surface area contributed by atoms with Gasteiger partial charge in [-0.1, -0.05) is 18.2 Å². The van der Waals surface area contributed by atoms with Gasteiger partial charge in [-0.3, -0.25) is 9.88 Å². The number of fused-ring (bicyclic) bond motifs is 1. The fourth-order valence-electron chi connectivity index (χ4n) is 3.28. The Morgan fingerprint density at radius 1 is 1.27 bits per heavy atom. The summed E-state index contributed by atoms with van der Waals surface area (Å²) >= 11 is 0. The van der Waals surface area contributed by atoms with Gasteiger partial charge in [0, 0.05) is 43.7 Å². The van der Waals surface area contributed by atoms with Crippen LogP contribution in [-0.2, 0) is 11.2 Å². The Morgan fingerprint density at radius 2 is 2.14 bits per heavy atom. The van der Waals surface area contributed by atoms with E-state index in [0.717, 1.165) is 44.8 Å². The van der Waals surface area contributed by atoms with Crippen molar-refractivity contribution in [1.82, 2.24) is 9.88 Å². The minimum Gasteiger partial charge on any atom is -0.391 e. The first-order valence-corrected chi connectivity index (χ1v) is 8.08. The van der Waals surface area contributed by atoms with Crippen LogP contribution in [0.25, 0.3) is 10.9 Å². The van der Waals surface area contributed by atoms with Gasteiger partial charge in [0.1, 0.15) is 0 Å². The largest absolute Gasteiger partial charge is 0.391 e. The highest BCUT2D eigenvalue weighted by molar-refractivity contribution is 5.81. The molecular formula is C18H24N2O2. The summed E-state index contributed by atoms with van der Waals surface area (Å²) in [6, 6.07) is 10.3. The van der Waals surface area contributed by atoms with Gasteiger partial charge in [-0.05, 0) is 31.0 Å². The average Bonchev–Trinajstić information content (AvgIpc) is 2.88. The van der Waals surface area contributed by atoms with Gasteiger partial charge in [0.2, 0.25) is 0 Å². The standard InChI is InChI=1S/C18H24N2O2/c1-2-22-10-9-20-12-15(18(21)13-20)11-14-7-8-19-17-6-4-3-5-16(14)17/h3-8,15,18,21H,2,9-13H2,1H3/t15-,18-/m1/s1. The number of aromatic nitrogens is 1. The van der Waals surface area contributed by atoms with Crippen molar-refractivity contribution < 1.29 is 9.84 Å². The second-order valence-corrected chi connectivity index (χ2v) is 5.98. The molecule has 1 aromatic carbocycles. The van der Waals surface area contributed by atoms with Crippen molar-refractivity contribution in [3.8, 4) is 0 Å². The molecule has 4 heteroatoms. The van der Waals surface area contributed by atoms with E-state index in [1.54, 1.807) is 0 Å². The van der Waals surface area contributed by atoms with Crippen molar-refractivity contribution in [1.29, 1.82) is 0 Å². The summed E-state index contributed by atoms with van der Waals surface area (Å²) in [5.41, 5.74) is 2.31. The minimum absolute atomic E-state index is 0.256. The summed E-state index contributed by atoms with van der Waals surface area (Å²) in [6.07, 6.45) is 2.51. The Morgan fingerprint density at radius 3 is 3.00 bits per heavy atom. The topological polar surface area (TPSA) is 45.6 Å². The van der Waals surface area contributed by atoms with E-state index in [1.807, 2.05) is 31.3 Å². The van der Waals surface area contributed by atoms with Gasteiger partial charge >= 0.3 is 0 Å². The number of rotatable bonds is 6. The van der Waals surface area contributed by atoms with Gasteiger partial charge in [-0.15, -0.1) is 0 Å². The lowest BCUT2D eigenvalue weighted by Crippen LogP contribution is -2.26. The fourth-order valence-corrected chi connectivity index (χ4v) is 3.28. The first kappa shape index (κ1) is 15.4. The van der Waals surface area contributed by atoms with Crippen LogP contribution in [0.5, 0.6) is 0 Å². The first-order chi connectivity index (χ1) is 10.8. The third kappa shape index (κ3) is 3.46. The van der Waals surface area contributed by atoms with E-state index in [0.29, 0.717) is 0 Å². The van der Waals surface area contributed by atoms with Crippen molar-refractivity contribution in [2.24, 2.45) is 5.92 Å². The highest BCUT2D eigenvalue weighted by Crippen LogP contribution is 2.25. The van der Waals surface area contributed by atoms with E-state index < -0.39 is 0 Å². The number of benzene rings is 1. The molecule has 1 saturated heterocycles. The van der Waals surface area contributed by atoms with E-state index in [2.05, 4.69) is 22.0 Å². The third-order valence-electron chi connectivity index (χ3n) is 4.46. The van der Waals surface area contributed by atoms with Gasteiger partial charge in [0.15, 0.2) is 0 Å². The van der Waals surface area contributed by atoms with Crippen molar-refractivity contribution in [2.45, 2.75) is 19.4 Å². The van der Waals surface area contributed by atoms with Crippen LogP contribution in [-0.4, -0.2) is 53.9 Å². The molecule has 1 aromatic heterocycles. The average molecular weight is 300 g/mol. The molecule has 1 aliphatic heterocycles. The van der Waals surface area contributed by atoms with E-state index >= 15 is 0 Å². The van der Waals surface area contributed by atoms with Crippen LogP contribution in [0.15, 0.2) is 36.5 Å². The van der Waals surface area contributed by atoms with Crippen LogP contribution in [0, 0.1) is 5.92 Å². The predicted molar refractivity (Wildman–Crippen MR) is 87.9 cm³/mol. The van der Waals surface area contributed by atoms with Crippen LogP contribution in [0.2, 0.25) is 0 Å². The van der Waals surface area contributed by atoms with Gasteiger partial charge in [0.05, 0.1) is 18.2 Å². The molecule has 1 N–H and O–H groups in total. The maximum absolute atomic E-state index is 10.4. The lowest BCUT2D eigenvalue weighted by molar-refractivity contribution is 0.112. The van der Waals surface area contributed by atoms with E-state index in [4.69, 9.17) is 4.74 Å². The highest BCUT2D eigenvalue weighted by Gasteiger charge is 2.31. The van der Waals surface area contributed by atoms with Gasteiger partial charge < -0.3 is 9.84 Å². The zero-order chi connectivity index (χ0) is 15.4. The maximum atomic E-state index is 10.4. The van der Waals surface area contributed by atoms with Crippen molar-refractivity contribution >= 4 is 10.9 Å². The molecule has 3 rings (SSSR count). The van der Waals surface area contributed by atoms with Crippen LogP contribution < -0.4 is 0 Å². The number of ether oxygens (including phenoxy) is 1. The molecule has 22 heavy (non-hydrogen) atoms. The van der Waals surface area contributed by atoms with Crippen LogP contribution in [0.1, 0.15) is 12.5 Å². The number of β-amino-alcohol motifs (C(OH)–C–C–N with tert-alkyl or cyclic N) is 1. The molecular weight excluding hydrogens is 276 g/mol. The van der Waals surface area contributed by atoms with E-state index in [-0.39, 0.29) is 12.0 Å². The molecule has 0 saturated carbocycles. The number of para-hydroxylation sites is 1. The second kappa shape index (κ2) is 7.18. The smallest absolute Gasteiger partial charge is 0.0710 e. The zero-order valence-corrected chi connectivity index (χ0v) is 13.1. The fraction of sp³-hybridized carbons (Fsp3) is 0.500. The maximum Gasteiger partial charge on any atom is 0.0710 e. The Balaban J connectivity index is 1.67. The third-order valence-corrected chi connectivity index (χ3v) is 4.46. The molecule has 0 radical (unpaired) electrons. The molecule has 0 aliphatic carbocycles. The minimum atomic E-state index is -0.256. The number of aliphatic hydroxyl groups is 1. The van der Waals surface area contributed by atoms with Crippen LogP contribution in [0.4, 0.5) is 0 Å². The summed E-state index contributed by atoms with van der Waals surface area (Å²) in [4.78, 5) is 6.71. The zero-order valence-electron chi connectivity index (χ0n) is 13.1. The normalized spacial score (nSPS) is 22.5. The summed E-state index contributed by atoms with van der Waals surface area (Å²) in [7, 11) is 0. The molecule has 2 atom stereocenters. The molecule has 0 bridgehead atoms. The number of hydrogen-bond donors (Lipinski definition) is 1. The molecule has 1 fully saturated rings. The predicted octanol–water partition coefficient (Wildman–Crippen LogP) is 2.11. The van der Waals surface area contributed by atoms with Gasteiger partial charge in [-0.2, -0.15) is 0 Å². The Kier molecular flexibility index (Phi) is 5.03. The lowest BCUT2D eigenvalue weighted by Gasteiger charge is -2.16. The summed E-state index contributed by atoms with van der Waals surface area (Å²) in [6.45, 7) is 6.09. The molecule has 2 aromatic rings. The number of aliphatic hydroxyl groups excluding tert-OH is 1. The van der Waals surface area contributed by atoms with E-state index in [9.17, 15) is 5.11 Å². The van der Waals surface area contributed by atoms with Crippen molar-refractivity contribution in [3.63, 3.8) is 0 Å². The van der Waals surface area contributed by atoms with Crippen LogP contribution in [0.3, 0.4) is 0 Å². The number of pyridine rings is 1. The molecule has 0 amide bonds. The molecule has 2 heterocycles. The van der Waals surface area contributed by atoms with Crippen molar-refractivity contribution in [3.05, 3.63) is 42.1 Å². The molecule has 118 valence electrons. The Labute approximate surface area is 131 Å². The highest BCUT2D eigenvalue weighted by atomic mass is 16.5. The second-order valence-electron chi connectivity index (χ2n) is 5.98. The molecule has 1 aliphatic rings. The molecule has 0 unspecified atom stereocenters. The summed E-state index contributed by atoms with van der Waals surface area (Å²) < 4.78 is 5.41. The first-order valence-electron chi connectivity index (χ1n) is 8.08. The van der Waals surface area contributed by atoms with Gasteiger partial charge in [-0.25, -0.2) is 0 Å². The number of hydrogen-bond acceptors (Lipinski definition) is 4. The van der Waals surface area contributed by atoms with E-state index in [1.165, 1.54) is 10.9 Å². The molecule has 0 spiro atoms. The monoisotopic (exact) mass is 300 g/mol. The van der Waals surface area contributed by atoms with Crippen LogP contribution >= 0.6 is 0 Å². The quantitative estimate of drug-likeness (QED) is 0.830. The Hall–Kier alpha value is -1.49. The lowest BCUT2D eigenvalue weighted by atomic mass is 9.94. The summed E-state index contributed by atoms with van der Waals surface area (Å²) in [5.74, 6) is 0.285. The number of nitrogens with zero attached hydrogens (tertiary/aromatic N) is 2. The Bertz CT molecular complexity index is 612. The molecule has 4 nitrogen and oxygen atoms in total. The number of likely N-dealkylation sites (tertiary alicyclic amines) is 1. The van der Waals surface area contributed by atoms with Gasteiger partial charge in [0.25, 0.3) is 0 Å². The SMILES string of the molecule is CCOCCN1C[C@@H](Cc2ccnc3ccccc23)[C@H](O)C1. The van der Waals surface area contributed by atoms with Crippen molar-refractivity contribution in [2.75, 3.05) is 32.8 Å². The summed E-state index contributed by atoms with van der Waals surface area (Å²) in [5, 5.41) is 11.6.